The number of hydrazine groups is 1. The van der Waals surface area contributed by atoms with E-state index in [-0.39, 0.29) is 11.8 Å². The van der Waals surface area contributed by atoms with Crippen molar-refractivity contribution in [2.24, 2.45) is 5.84 Å². The number of aromatic nitrogens is 4. The predicted octanol–water partition coefficient (Wildman–Crippen LogP) is 1.65. The van der Waals surface area contributed by atoms with Gasteiger partial charge in [-0.05, 0) is 24.3 Å². The van der Waals surface area contributed by atoms with E-state index in [4.69, 9.17) is 5.84 Å². The number of hydrogen-bond acceptors (Lipinski definition) is 7. The highest BCUT2D eigenvalue weighted by Gasteiger charge is 2.13. The first kappa shape index (κ1) is 12.9. The van der Waals surface area contributed by atoms with Gasteiger partial charge in [0.1, 0.15) is 5.69 Å². The number of nitrogens with zero attached hydrogens (tertiary/aromatic N) is 5. The molecule has 0 aliphatic rings. The molecule has 0 fully saturated rings. The van der Waals surface area contributed by atoms with Crippen LogP contribution in [0.2, 0.25) is 0 Å². The van der Waals surface area contributed by atoms with E-state index in [1.165, 1.54) is 5.01 Å². The molecule has 0 atom stereocenters. The fourth-order valence-corrected chi connectivity index (χ4v) is 1.78. The van der Waals surface area contributed by atoms with Crippen LogP contribution in [0.3, 0.4) is 0 Å². The van der Waals surface area contributed by atoms with Gasteiger partial charge in [0.15, 0.2) is 5.82 Å². The lowest BCUT2D eigenvalue weighted by molar-refractivity contribution is 0.429. The second-order valence-electron chi connectivity index (χ2n) is 4.18. The summed E-state index contributed by atoms with van der Waals surface area (Å²) in [6.07, 6.45) is 1.62. The van der Waals surface area contributed by atoms with Gasteiger partial charge in [-0.15, -0.1) is 0 Å². The van der Waals surface area contributed by atoms with Crippen molar-refractivity contribution in [3.05, 3.63) is 54.7 Å². The number of hydrogen-bond donors (Lipinski definition) is 2. The quantitative estimate of drug-likeness (QED) is 0.555. The van der Waals surface area contributed by atoms with Crippen LogP contribution in [0.15, 0.2) is 54.7 Å². The van der Waals surface area contributed by atoms with Crippen molar-refractivity contribution >= 4 is 11.6 Å². The molecular weight excluding hydrogens is 268 g/mol. The summed E-state index contributed by atoms with van der Waals surface area (Å²) in [7, 11) is 0. The summed E-state index contributed by atoms with van der Waals surface area (Å²) in [5, 5.41) is 11.0. The molecule has 21 heavy (non-hydrogen) atoms. The molecule has 3 rings (SSSR count). The van der Waals surface area contributed by atoms with Gasteiger partial charge in [-0.25, -0.2) is 10.9 Å². The van der Waals surface area contributed by atoms with Crippen LogP contribution in [0.5, 0.6) is 6.01 Å². The maximum Gasteiger partial charge on any atom is 0.319 e. The van der Waals surface area contributed by atoms with Crippen LogP contribution in [0.25, 0.3) is 11.5 Å². The second kappa shape index (κ2) is 5.51. The number of nitrogens with two attached hydrogens (primary N) is 1. The highest BCUT2D eigenvalue weighted by molar-refractivity contribution is 5.58. The summed E-state index contributed by atoms with van der Waals surface area (Å²) in [5.41, 5.74) is 1.22. The Morgan fingerprint density at radius 1 is 0.905 bits per heavy atom. The summed E-state index contributed by atoms with van der Waals surface area (Å²) in [6, 6.07) is 14.1. The number of para-hydroxylation sites is 1. The van der Waals surface area contributed by atoms with Crippen molar-refractivity contribution in [1.82, 2.24) is 19.9 Å². The Hall–Kier alpha value is -3.06. The van der Waals surface area contributed by atoms with Crippen LogP contribution >= 0.6 is 0 Å². The van der Waals surface area contributed by atoms with E-state index in [0.717, 1.165) is 0 Å². The second-order valence-corrected chi connectivity index (χ2v) is 4.18. The normalized spacial score (nSPS) is 10.3. The van der Waals surface area contributed by atoms with Gasteiger partial charge < -0.3 is 5.11 Å². The Balaban J connectivity index is 2.02. The van der Waals surface area contributed by atoms with Gasteiger partial charge in [0.25, 0.3) is 5.95 Å². The monoisotopic (exact) mass is 280 g/mol. The first-order valence-electron chi connectivity index (χ1n) is 6.20. The smallest absolute Gasteiger partial charge is 0.319 e. The van der Waals surface area contributed by atoms with Crippen LogP contribution in [0.4, 0.5) is 11.6 Å². The molecule has 0 spiro atoms. The van der Waals surface area contributed by atoms with Crippen LogP contribution in [0, 0.1) is 0 Å². The van der Waals surface area contributed by atoms with Crippen LogP contribution in [-0.4, -0.2) is 25.0 Å². The molecular formula is C14H12N6O. The lowest BCUT2D eigenvalue weighted by Crippen LogP contribution is -2.27. The van der Waals surface area contributed by atoms with E-state index in [1.54, 1.807) is 36.5 Å². The molecule has 0 amide bonds. The summed E-state index contributed by atoms with van der Waals surface area (Å²) in [4.78, 5) is 16.1. The summed E-state index contributed by atoms with van der Waals surface area (Å²) in [5.74, 6) is 6.37. The zero-order chi connectivity index (χ0) is 14.7. The molecule has 7 nitrogen and oxygen atoms in total. The molecule has 2 heterocycles. The third kappa shape index (κ3) is 2.77. The van der Waals surface area contributed by atoms with E-state index in [0.29, 0.717) is 11.4 Å². The van der Waals surface area contributed by atoms with Crippen molar-refractivity contribution in [3.8, 4) is 17.5 Å². The number of pyridine rings is 1. The molecule has 3 N–H and O–H groups in total. The summed E-state index contributed by atoms with van der Waals surface area (Å²) in [6.45, 7) is 0. The topological polar surface area (TPSA) is 101 Å². The highest BCUT2D eigenvalue weighted by atomic mass is 16.3. The van der Waals surface area contributed by atoms with Gasteiger partial charge in [-0.1, -0.05) is 24.3 Å². The molecule has 0 aliphatic carbocycles. The predicted molar refractivity (Wildman–Crippen MR) is 77.5 cm³/mol. The third-order valence-electron chi connectivity index (χ3n) is 2.76. The Labute approximate surface area is 120 Å². The zero-order valence-corrected chi connectivity index (χ0v) is 11.0. The Kier molecular flexibility index (Phi) is 3.40. The average Bonchev–Trinajstić information content (AvgIpc) is 2.55. The lowest BCUT2D eigenvalue weighted by Gasteiger charge is -2.16. The molecule has 0 aliphatic heterocycles. The fraction of sp³-hybridized carbons (Fsp3) is 0. The van der Waals surface area contributed by atoms with Gasteiger partial charge in [-0.3, -0.25) is 4.98 Å². The minimum absolute atomic E-state index is 0.134. The number of rotatable bonds is 3. The highest BCUT2D eigenvalue weighted by Crippen LogP contribution is 2.21. The van der Waals surface area contributed by atoms with E-state index in [2.05, 4.69) is 19.9 Å². The number of aromatic hydroxyl groups is 1. The van der Waals surface area contributed by atoms with Crippen LogP contribution in [0.1, 0.15) is 0 Å². The average molecular weight is 280 g/mol. The molecule has 0 radical (unpaired) electrons. The van der Waals surface area contributed by atoms with Crippen molar-refractivity contribution in [3.63, 3.8) is 0 Å². The summed E-state index contributed by atoms with van der Waals surface area (Å²) >= 11 is 0. The van der Waals surface area contributed by atoms with Gasteiger partial charge in [0.2, 0.25) is 0 Å². The molecule has 3 aromatic rings. The van der Waals surface area contributed by atoms with Gasteiger partial charge in [0, 0.05) is 6.20 Å². The van der Waals surface area contributed by atoms with E-state index < -0.39 is 6.01 Å². The van der Waals surface area contributed by atoms with Crippen molar-refractivity contribution in [1.29, 1.82) is 0 Å². The van der Waals surface area contributed by atoms with E-state index in [9.17, 15) is 5.11 Å². The van der Waals surface area contributed by atoms with Crippen molar-refractivity contribution < 1.29 is 5.11 Å². The first-order chi connectivity index (χ1) is 10.2. The third-order valence-corrected chi connectivity index (χ3v) is 2.76. The fourth-order valence-electron chi connectivity index (χ4n) is 1.78. The molecule has 104 valence electrons. The van der Waals surface area contributed by atoms with E-state index in [1.807, 2.05) is 18.2 Å². The maximum atomic E-state index is 9.68. The molecule has 0 unspecified atom stereocenters. The SMILES string of the molecule is NN(c1ccccc1)c1nc(O)nc(-c2ccccn2)n1. The summed E-state index contributed by atoms with van der Waals surface area (Å²) < 4.78 is 0. The molecule has 0 bridgehead atoms. The molecule has 0 saturated carbocycles. The van der Waals surface area contributed by atoms with Crippen molar-refractivity contribution in [2.75, 3.05) is 5.01 Å². The lowest BCUT2D eigenvalue weighted by atomic mass is 10.3. The largest absolute Gasteiger partial charge is 0.479 e. The maximum absolute atomic E-state index is 9.68. The van der Waals surface area contributed by atoms with Crippen LogP contribution < -0.4 is 10.9 Å². The minimum Gasteiger partial charge on any atom is -0.479 e. The minimum atomic E-state index is -0.410. The van der Waals surface area contributed by atoms with E-state index >= 15 is 0 Å². The molecule has 7 heteroatoms. The van der Waals surface area contributed by atoms with Gasteiger partial charge in [0.05, 0.1) is 5.69 Å². The molecule has 2 aromatic heterocycles. The Morgan fingerprint density at radius 3 is 2.38 bits per heavy atom. The van der Waals surface area contributed by atoms with Crippen LogP contribution in [-0.2, 0) is 0 Å². The van der Waals surface area contributed by atoms with Crippen molar-refractivity contribution in [2.45, 2.75) is 0 Å². The number of benzene rings is 1. The zero-order valence-electron chi connectivity index (χ0n) is 11.0. The van der Waals surface area contributed by atoms with Gasteiger partial charge in [-0.2, -0.15) is 15.0 Å². The molecule has 1 aromatic carbocycles. The standard InChI is InChI=1S/C14H12N6O/c15-20(10-6-2-1-3-7-10)13-17-12(18-14(21)19-13)11-8-4-5-9-16-11/h1-9H,15H2,(H,17,18,19,21). The van der Waals surface area contributed by atoms with Gasteiger partial charge >= 0.3 is 6.01 Å². The molecule has 0 saturated heterocycles. The first-order valence-corrected chi connectivity index (χ1v) is 6.20. The Bertz CT molecular complexity index is 735. The Morgan fingerprint density at radius 2 is 1.67 bits per heavy atom. The number of anilines is 2.